The molecule has 0 aromatic heterocycles. The third-order valence-electron chi connectivity index (χ3n) is 2.06. The molecule has 0 heterocycles. The van der Waals surface area contributed by atoms with Crippen LogP contribution in [0.2, 0.25) is 0 Å². The fourth-order valence-corrected chi connectivity index (χ4v) is 1.27. The molecule has 11 heavy (non-hydrogen) atoms. The first-order valence-electron chi connectivity index (χ1n) is 3.80. The van der Waals surface area contributed by atoms with Crippen molar-refractivity contribution < 1.29 is 10.2 Å². The first-order chi connectivity index (χ1) is 5.29. The second-order valence-corrected chi connectivity index (χ2v) is 2.99. The minimum Gasteiger partial charge on any atom is -0.504 e. The van der Waals surface area contributed by atoms with Crippen LogP contribution in [0.4, 0.5) is 0 Å². The Kier molecular flexibility index (Phi) is 1.28. The van der Waals surface area contributed by atoms with Gasteiger partial charge in [-0.3, -0.25) is 0 Å². The first-order valence-corrected chi connectivity index (χ1v) is 3.80. The van der Waals surface area contributed by atoms with Gasteiger partial charge in [0.1, 0.15) is 0 Å². The number of benzene rings is 1. The van der Waals surface area contributed by atoms with E-state index in [1.54, 1.807) is 6.07 Å². The number of hydrogen-bond donors (Lipinski definition) is 2. The molecule has 0 bridgehead atoms. The van der Waals surface area contributed by atoms with Crippen LogP contribution in [0.25, 0.3) is 0 Å². The van der Waals surface area contributed by atoms with Crippen LogP contribution in [0.15, 0.2) is 18.2 Å². The Hall–Kier alpha value is -1.18. The van der Waals surface area contributed by atoms with Crippen molar-refractivity contribution in [3.05, 3.63) is 23.8 Å². The Morgan fingerprint density at radius 3 is 2.55 bits per heavy atom. The summed E-state index contributed by atoms with van der Waals surface area (Å²) in [5.74, 6) is 0.548. The van der Waals surface area contributed by atoms with Crippen molar-refractivity contribution in [1.82, 2.24) is 0 Å². The summed E-state index contributed by atoms with van der Waals surface area (Å²) in [6.45, 7) is 0. The molecule has 1 aromatic carbocycles. The highest BCUT2D eigenvalue weighted by molar-refractivity contribution is 5.47. The van der Waals surface area contributed by atoms with Crippen LogP contribution in [0.5, 0.6) is 11.5 Å². The summed E-state index contributed by atoms with van der Waals surface area (Å²) in [6, 6.07) is 5.14. The number of para-hydroxylation sites is 1. The van der Waals surface area contributed by atoms with E-state index in [-0.39, 0.29) is 11.5 Å². The summed E-state index contributed by atoms with van der Waals surface area (Å²) in [5, 5.41) is 18.5. The van der Waals surface area contributed by atoms with Gasteiger partial charge in [0.2, 0.25) is 0 Å². The lowest BCUT2D eigenvalue weighted by atomic mass is 10.1. The van der Waals surface area contributed by atoms with Gasteiger partial charge in [-0.05, 0) is 24.8 Å². The molecular formula is C9H10O2. The van der Waals surface area contributed by atoms with Gasteiger partial charge in [-0.2, -0.15) is 0 Å². The fraction of sp³-hybridized carbons (Fsp3) is 0.333. The minimum atomic E-state index is -0.00519. The van der Waals surface area contributed by atoms with Gasteiger partial charge in [0.15, 0.2) is 11.5 Å². The SMILES string of the molecule is Oc1cccc(C2CC2)c1O. The summed E-state index contributed by atoms with van der Waals surface area (Å²) < 4.78 is 0. The molecule has 1 aliphatic carbocycles. The van der Waals surface area contributed by atoms with E-state index in [0.29, 0.717) is 5.92 Å². The van der Waals surface area contributed by atoms with E-state index in [0.717, 1.165) is 18.4 Å². The topological polar surface area (TPSA) is 40.5 Å². The largest absolute Gasteiger partial charge is 0.504 e. The minimum absolute atomic E-state index is 0.00519. The summed E-state index contributed by atoms with van der Waals surface area (Å²) >= 11 is 0. The molecule has 0 saturated heterocycles. The molecule has 2 rings (SSSR count). The predicted octanol–water partition coefficient (Wildman–Crippen LogP) is 1.98. The quantitative estimate of drug-likeness (QED) is 0.601. The second kappa shape index (κ2) is 2.16. The number of aromatic hydroxyl groups is 2. The van der Waals surface area contributed by atoms with Gasteiger partial charge in [-0.15, -0.1) is 0 Å². The highest BCUT2D eigenvalue weighted by atomic mass is 16.3. The summed E-state index contributed by atoms with van der Waals surface area (Å²) in [4.78, 5) is 0. The molecule has 0 atom stereocenters. The molecule has 1 saturated carbocycles. The first kappa shape index (κ1) is 6.53. The Balaban J connectivity index is 2.45. The molecule has 0 amide bonds. The molecule has 1 aromatic rings. The molecule has 0 radical (unpaired) electrons. The van der Waals surface area contributed by atoms with Crippen molar-refractivity contribution in [2.75, 3.05) is 0 Å². The van der Waals surface area contributed by atoms with Gasteiger partial charge >= 0.3 is 0 Å². The summed E-state index contributed by atoms with van der Waals surface area (Å²) in [6.07, 6.45) is 2.27. The summed E-state index contributed by atoms with van der Waals surface area (Å²) in [7, 11) is 0. The van der Waals surface area contributed by atoms with E-state index in [9.17, 15) is 5.11 Å². The van der Waals surface area contributed by atoms with E-state index >= 15 is 0 Å². The van der Waals surface area contributed by atoms with Crippen molar-refractivity contribution in [3.63, 3.8) is 0 Å². The van der Waals surface area contributed by atoms with Crippen LogP contribution in [0, 0.1) is 0 Å². The average Bonchev–Trinajstić information content (AvgIpc) is 2.77. The molecule has 2 nitrogen and oxygen atoms in total. The van der Waals surface area contributed by atoms with Crippen LogP contribution in [-0.2, 0) is 0 Å². The Morgan fingerprint density at radius 2 is 1.91 bits per heavy atom. The lowest BCUT2D eigenvalue weighted by Crippen LogP contribution is -1.79. The van der Waals surface area contributed by atoms with E-state index in [2.05, 4.69) is 0 Å². The maximum Gasteiger partial charge on any atom is 0.160 e. The van der Waals surface area contributed by atoms with Gasteiger partial charge in [-0.1, -0.05) is 12.1 Å². The predicted molar refractivity (Wildman–Crippen MR) is 41.7 cm³/mol. The van der Waals surface area contributed by atoms with E-state index in [1.807, 2.05) is 6.07 Å². The van der Waals surface area contributed by atoms with Crippen molar-refractivity contribution in [3.8, 4) is 11.5 Å². The number of hydrogen-bond acceptors (Lipinski definition) is 2. The van der Waals surface area contributed by atoms with E-state index in [4.69, 9.17) is 5.11 Å². The molecule has 1 fully saturated rings. The van der Waals surface area contributed by atoms with Crippen molar-refractivity contribution in [2.24, 2.45) is 0 Å². The molecule has 0 aliphatic heterocycles. The van der Waals surface area contributed by atoms with Crippen LogP contribution >= 0.6 is 0 Å². The lowest BCUT2D eigenvalue weighted by Gasteiger charge is -2.02. The van der Waals surface area contributed by atoms with Crippen molar-refractivity contribution >= 4 is 0 Å². The normalized spacial score (nSPS) is 16.7. The Morgan fingerprint density at radius 1 is 1.18 bits per heavy atom. The Bertz CT molecular complexity index is 277. The van der Waals surface area contributed by atoms with E-state index in [1.165, 1.54) is 6.07 Å². The fourth-order valence-electron chi connectivity index (χ4n) is 1.27. The van der Waals surface area contributed by atoms with Crippen LogP contribution in [0.3, 0.4) is 0 Å². The zero-order chi connectivity index (χ0) is 7.84. The van der Waals surface area contributed by atoms with Crippen LogP contribution < -0.4 is 0 Å². The molecule has 2 N–H and O–H groups in total. The highest BCUT2D eigenvalue weighted by Gasteiger charge is 2.26. The van der Waals surface area contributed by atoms with Gasteiger partial charge < -0.3 is 10.2 Å². The Labute approximate surface area is 65.1 Å². The monoisotopic (exact) mass is 150 g/mol. The zero-order valence-corrected chi connectivity index (χ0v) is 6.12. The zero-order valence-electron chi connectivity index (χ0n) is 6.12. The van der Waals surface area contributed by atoms with Crippen LogP contribution in [0.1, 0.15) is 24.3 Å². The molecule has 1 aliphatic rings. The molecule has 2 heteroatoms. The van der Waals surface area contributed by atoms with Crippen molar-refractivity contribution in [1.29, 1.82) is 0 Å². The van der Waals surface area contributed by atoms with Gasteiger partial charge in [-0.25, -0.2) is 0 Å². The number of rotatable bonds is 1. The van der Waals surface area contributed by atoms with Gasteiger partial charge in [0.05, 0.1) is 0 Å². The maximum absolute atomic E-state index is 9.36. The smallest absolute Gasteiger partial charge is 0.160 e. The average molecular weight is 150 g/mol. The molecule has 0 unspecified atom stereocenters. The third-order valence-corrected chi connectivity index (χ3v) is 2.06. The third kappa shape index (κ3) is 1.04. The van der Waals surface area contributed by atoms with Gasteiger partial charge in [0.25, 0.3) is 0 Å². The molecule has 58 valence electrons. The van der Waals surface area contributed by atoms with Crippen LogP contribution in [-0.4, -0.2) is 10.2 Å². The molecular weight excluding hydrogens is 140 g/mol. The standard InChI is InChI=1S/C9H10O2/c10-8-3-1-2-7(9(8)11)6-4-5-6/h1-3,6,10-11H,4-5H2. The van der Waals surface area contributed by atoms with Gasteiger partial charge in [0, 0.05) is 5.56 Å². The lowest BCUT2D eigenvalue weighted by molar-refractivity contribution is 0.399. The number of phenols is 2. The number of phenolic OH excluding ortho intramolecular Hbond substituents is 2. The van der Waals surface area contributed by atoms with Crippen molar-refractivity contribution in [2.45, 2.75) is 18.8 Å². The summed E-state index contributed by atoms with van der Waals surface area (Å²) in [5.41, 5.74) is 0.894. The highest BCUT2D eigenvalue weighted by Crippen LogP contribution is 2.46. The maximum atomic E-state index is 9.36. The second-order valence-electron chi connectivity index (χ2n) is 2.99. The van der Waals surface area contributed by atoms with E-state index < -0.39 is 0 Å². The molecule has 0 spiro atoms.